The summed E-state index contributed by atoms with van der Waals surface area (Å²) in [6.45, 7) is 1.50. The molecule has 0 aromatic carbocycles. The Kier molecular flexibility index (Phi) is 5.22. The molecule has 0 spiro atoms. The number of hydrogen-bond donors (Lipinski definition) is 1. The molecule has 2 aromatic rings. The quantitative estimate of drug-likeness (QED) is 0.803. The number of methoxy groups -OCH3 is 1. The van der Waals surface area contributed by atoms with Crippen molar-refractivity contribution < 1.29 is 13.9 Å². The van der Waals surface area contributed by atoms with E-state index in [-0.39, 0.29) is 17.9 Å². The topological polar surface area (TPSA) is 85.2 Å². The fourth-order valence-corrected chi connectivity index (χ4v) is 3.17. The van der Waals surface area contributed by atoms with E-state index >= 15 is 0 Å². The number of likely N-dealkylation sites (tertiary alicyclic amines) is 1. The number of anilines is 1. The largest absolute Gasteiger partial charge is 0.383 e. The Morgan fingerprint density at radius 3 is 2.76 bits per heavy atom. The molecular weight excluding hydrogens is 327 g/mol. The maximum absolute atomic E-state index is 12.9. The Bertz CT molecular complexity index is 720. The van der Waals surface area contributed by atoms with Gasteiger partial charge in [-0.15, -0.1) is 0 Å². The van der Waals surface area contributed by atoms with Gasteiger partial charge in [0.1, 0.15) is 0 Å². The van der Waals surface area contributed by atoms with Gasteiger partial charge < -0.3 is 15.0 Å². The van der Waals surface area contributed by atoms with Crippen molar-refractivity contribution in [1.29, 1.82) is 0 Å². The summed E-state index contributed by atoms with van der Waals surface area (Å²) in [7, 11) is 3.46. The third-order valence-corrected chi connectivity index (χ3v) is 4.28. The van der Waals surface area contributed by atoms with Gasteiger partial charge in [0.15, 0.2) is 5.82 Å². The summed E-state index contributed by atoms with van der Waals surface area (Å²) in [5, 5.41) is 7.32. The van der Waals surface area contributed by atoms with Gasteiger partial charge in [-0.05, 0) is 0 Å². The standard InChI is InChI=1S/C16H21FN6O2/c1-22-10-12(7-21-22)15-11(5-14(24)23(15)3-4-25-2)6-18-16-19-8-13(17)9-20-16/h7-11,15H,3-6H2,1-2H3,(H,18,19,20)/t11-,15+/m1/s1. The molecule has 3 rings (SSSR count). The molecule has 0 bridgehead atoms. The predicted octanol–water partition coefficient (Wildman–Crippen LogP) is 0.997. The molecule has 1 fully saturated rings. The second-order valence-electron chi connectivity index (χ2n) is 6.04. The fourth-order valence-electron chi connectivity index (χ4n) is 3.17. The van der Waals surface area contributed by atoms with E-state index in [0.717, 1.165) is 18.0 Å². The summed E-state index contributed by atoms with van der Waals surface area (Å²) < 4.78 is 19.8. The third-order valence-electron chi connectivity index (χ3n) is 4.28. The fraction of sp³-hybridized carbons (Fsp3) is 0.500. The molecule has 9 heteroatoms. The molecule has 2 aromatic heterocycles. The van der Waals surface area contributed by atoms with E-state index in [1.165, 1.54) is 0 Å². The van der Waals surface area contributed by atoms with Gasteiger partial charge in [-0.3, -0.25) is 9.48 Å². The third kappa shape index (κ3) is 3.93. The summed E-state index contributed by atoms with van der Waals surface area (Å²) in [6, 6.07) is -0.0932. The minimum Gasteiger partial charge on any atom is -0.383 e. The molecule has 8 nitrogen and oxygen atoms in total. The van der Waals surface area contributed by atoms with Crippen LogP contribution in [0, 0.1) is 11.7 Å². The number of aryl methyl sites for hydroxylation is 1. The van der Waals surface area contributed by atoms with Crippen LogP contribution < -0.4 is 5.32 Å². The van der Waals surface area contributed by atoms with E-state index in [1.54, 1.807) is 18.0 Å². The first-order valence-electron chi connectivity index (χ1n) is 8.07. The Balaban J connectivity index is 1.75. The van der Waals surface area contributed by atoms with Crippen molar-refractivity contribution in [1.82, 2.24) is 24.6 Å². The average molecular weight is 348 g/mol. The van der Waals surface area contributed by atoms with Crippen LogP contribution in [0.5, 0.6) is 0 Å². The Morgan fingerprint density at radius 1 is 1.36 bits per heavy atom. The predicted molar refractivity (Wildman–Crippen MR) is 88.1 cm³/mol. The highest BCUT2D eigenvalue weighted by Crippen LogP contribution is 2.37. The van der Waals surface area contributed by atoms with Gasteiger partial charge >= 0.3 is 0 Å². The second kappa shape index (κ2) is 7.56. The molecule has 1 saturated heterocycles. The van der Waals surface area contributed by atoms with Gasteiger partial charge in [-0.25, -0.2) is 14.4 Å². The first kappa shape index (κ1) is 17.3. The van der Waals surface area contributed by atoms with Crippen molar-refractivity contribution in [3.8, 4) is 0 Å². The Morgan fingerprint density at radius 2 is 2.12 bits per heavy atom. The van der Waals surface area contributed by atoms with Crippen LogP contribution in [0.15, 0.2) is 24.8 Å². The van der Waals surface area contributed by atoms with Crippen LogP contribution >= 0.6 is 0 Å². The maximum atomic E-state index is 12.9. The molecule has 1 N–H and O–H groups in total. The van der Waals surface area contributed by atoms with Crippen molar-refractivity contribution >= 4 is 11.9 Å². The van der Waals surface area contributed by atoms with Crippen molar-refractivity contribution in [2.24, 2.45) is 13.0 Å². The summed E-state index contributed by atoms with van der Waals surface area (Å²) >= 11 is 0. The molecule has 134 valence electrons. The molecule has 25 heavy (non-hydrogen) atoms. The van der Waals surface area contributed by atoms with Gasteiger partial charge in [0.2, 0.25) is 11.9 Å². The number of nitrogens with zero attached hydrogens (tertiary/aromatic N) is 5. The Labute approximate surface area is 145 Å². The summed E-state index contributed by atoms with van der Waals surface area (Å²) in [5.74, 6) is -0.0327. The number of aromatic nitrogens is 4. The SMILES string of the molecule is COCCN1C(=O)C[C@H](CNc2ncc(F)cn2)[C@H]1c1cnn(C)c1. The van der Waals surface area contributed by atoms with Gasteiger partial charge in [0.25, 0.3) is 0 Å². The normalized spacial score (nSPS) is 20.3. The van der Waals surface area contributed by atoms with Crippen molar-refractivity contribution in [2.45, 2.75) is 12.5 Å². The van der Waals surface area contributed by atoms with Crippen molar-refractivity contribution in [2.75, 3.05) is 32.1 Å². The lowest BCUT2D eigenvalue weighted by Gasteiger charge is -2.27. The van der Waals surface area contributed by atoms with E-state index in [4.69, 9.17) is 4.74 Å². The van der Waals surface area contributed by atoms with Crippen LogP contribution in [0.2, 0.25) is 0 Å². The zero-order valence-electron chi connectivity index (χ0n) is 14.2. The highest BCUT2D eigenvalue weighted by molar-refractivity contribution is 5.79. The maximum Gasteiger partial charge on any atom is 0.223 e. The van der Waals surface area contributed by atoms with E-state index < -0.39 is 5.82 Å². The molecule has 0 radical (unpaired) electrons. The average Bonchev–Trinajstić information content (AvgIpc) is 3.15. The first-order valence-corrected chi connectivity index (χ1v) is 8.07. The van der Waals surface area contributed by atoms with Gasteiger partial charge in [-0.1, -0.05) is 0 Å². The Hall–Kier alpha value is -2.55. The summed E-state index contributed by atoms with van der Waals surface area (Å²) in [5.41, 5.74) is 0.983. The van der Waals surface area contributed by atoms with Crippen LogP contribution in [0.4, 0.5) is 10.3 Å². The molecule has 1 aliphatic heterocycles. The van der Waals surface area contributed by atoms with E-state index in [9.17, 15) is 9.18 Å². The number of nitrogens with one attached hydrogen (secondary N) is 1. The molecule has 1 aliphatic rings. The lowest BCUT2D eigenvalue weighted by molar-refractivity contribution is -0.129. The number of ether oxygens (including phenoxy) is 1. The van der Waals surface area contributed by atoms with Crippen molar-refractivity contribution in [3.05, 3.63) is 36.2 Å². The zero-order valence-corrected chi connectivity index (χ0v) is 14.2. The lowest BCUT2D eigenvalue weighted by atomic mass is 9.95. The summed E-state index contributed by atoms with van der Waals surface area (Å²) in [4.78, 5) is 22.1. The number of hydrogen-bond acceptors (Lipinski definition) is 6. The number of rotatable bonds is 7. The van der Waals surface area contributed by atoms with Crippen molar-refractivity contribution in [3.63, 3.8) is 0 Å². The van der Waals surface area contributed by atoms with E-state index in [1.807, 2.05) is 18.1 Å². The molecule has 1 amide bonds. The van der Waals surface area contributed by atoms with Gasteiger partial charge in [0, 0.05) is 51.3 Å². The smallest absolute Gasteiger partial charge is 0.223 e. The number of halogens is 1. The van der Waals surface area contributed by atoms with Gasteiger partial charge in [0.05, 0.1) is 31.2 Å². The second-order valence-corrected chi connectivity index (χ2v) is 6.04. The van der Waals surface area contributed by atoms with E-state index in [2.05, 4.69) is 20.4 Å². The molecule has 0 aliphatic carbocycles. The van der Waals surface area contributed by atoms with Crippen LogP contribution in [0.3, 0.4) is 0 Å². The molecular formula is C16H21FN6O2. The molecule has 2 atom stereocenters. The van der Waals surface area contributed by atoms with Gasteiger partial charge in [-0.2, -0.15) is 5.10 Å². The monoisotopic (exact) mass is 348 g/mol. The van der Waals surface area contributed by atoms with E-state index in [0.29, 0.717) is 32.1 Å². The lowest BCUT2D eigenvalue weighted by Crippen LogP contribution is -2.33. The van der Waals surface area contributed by atoms with Crippen LogP contribution in [-0.4, -0.2) is 57.4 Å². The molecule has 3 heterocycles. The highest BCUT2D eigenvalue weighted by atomic mass is 19.1. The number of carbonyl (C=O) groups is 1. The minimum absolute atomic E-state index is 0.0298. The zero-order chi connectivity index (χ0) is 17.8. The molecule has 0 saturated carbocycles. The van der Waals surface area contributed by atoms with Crippen LogP contribution in [0.1, 0.15) is 18.0 Å². The van der Waals surface area contributed by atoms with Crippen LogP contribution in [-0.2, 0) is 16.6 Å². The number of carbonyl (C=O) groups excluding carboxylic acids is 1. The number of amides is 1. The van der Waals surface area contributed by atoms with Crippen LogP contribution in [0.25, 0.3) is 0 Å². The minimum atomic E-state index is -0.486. The molecule has 0 unspecified atom stereocenters. The summed E-state index contributed by atoms with van der Waals surface area (Å²) in [6.07, 6.45) is 6.34. The highest BCUT2D eigenvalue weighted by Gasteiger charge is 2.40. The first-order chi connectivity index (χ1) is 12.1.